The van der Waals surface area contributed by atoms with Gasteiger partial charge in [0.05, 0.1) is 11.4 Å². The van der Waals surface area contributed by atoms with Crippen LogP contribution in [0.25, 0.3) is 22.6 Å². The molecule has 0 radical (unpaired) electrons. The summed E-state index contributed by atoms with van der Waals surface area (Å²) in [4.78, 5) is 7.67. The zero-order valence-electron chi connectivity index (χ0n) is 22.3. The monoisotopic (exact) mass is 517 g/mol. The van der Waals surface area contributed by atoms with Crippen LogP contribution in [-0.2, 0) is 19.6 Å². The Balaban J connectivity index is 1.72. The molecule has 0 aliphatic heterocycles. The van der Waals surface area contributed by atoms with E-state index in [1.807, 2.05) is 24.3 Å². The molecule has 0 saturated heterocycles. The highest BCUT2D eigenvalue weighted by atomic mass is 19.3. The van der Waals surface area contributed by atoms with Crippen molar-refractivity contribution in [3.8, 4) is 28.4 Å². The molecular formula is C32H37F2N3O. The van der Waals surface area contributed by atoms with E-state index in [-0.39, 0.29) is 5.75 Å². The number of aromatic nitrogens is 2. The minimum absolute atomic E-state index is 0.181. The van der Waals surface area contributed by atoms with Gasteiger partial charge in [-0.3, -0.25) is 4.90 Å². The van der Waals surface area contributed by atoms with Gasteiger partial charge in [0.2, 0.25) is 0 Å². The summed E-state index contributed by atoms with van der Waals surface area (Å²) in [6, 6.07) is 27.8. The topological polar surface area (TPSA) is 30.3 Å². The third-order valence-corrected chi connectivity index (χ3v) is 6.64. The van der Waals surface area contributed by atoms with Crippen LogP contribution in [-0.4, -0.2) is 27.6 Å². The summed E-state index contributed by atoms with van der Waals surface area (Å²) in [5.41, 5.74) is 5.51. The van der Waals surface area contributed by atoms with Gasteiger partial charge in [-0.15, -0.1) is 0 Å². The van der Waals surface area contributed by atoms with Gasteiger partial charge in [-0.25, -0.2) is 4.98 Å². The van der Waals surface area contributed by atoms with Crippen molar-refractivity contribution in [1.29, 1.82) is 0 Å². The Hall–Kier alpha value is -3.51. The van der Waals surface area contributed by atoms with E-state index in [4.69, 9.17) is 4.98 Å². The molecule has 0 amide bonds. The fourth-order valence-electron chi connectivity index (χ4n) is 4.68. The summed E-state index contributed by atoms with van der Waals surface area (Å²) in [6.45, 7) is 4.87. The van der Waals surface area contributed by atoms with Gasteiger partial charge in [0.15, 0.2) is 0 Å². The van der Waals surface area contributed by atoms with E-state index in [0.29, 0.717) is 6.54 Å². The quantitative estimate of drug-likeness (QED) is 0.168. The second-order valence-electron chi connectivity index (χ2n) is 9.55. The van der Waals surface area contributed by atoms with Gasteiger partial charge in [0, 0.05) is 30.8 Å². The molecule has 4 aromatic rings. The first-order valence-electron chi connectivity index (χ1n) is 13.5. The van der Waals surface area contributed by atoms with Gasteiger partial charge in [0.1, 0.15) is 11.6 Å². The number of halogens is 2. The maximum atomic E-state index is 12.6. The van der Waals surface area contributed by atoms with Crippen molar-refractivity contribution in [2.45, 2.75) is 65.8 Å². The lowest BCUT2D eigenvalue weighted by Crippen LogP contribution is -2.26. The number of alkyl halides is 2. The van der Waals surface area contributed by atoms with E-state index in [0.717, 1.165) is 73.5 Å². The van der Waals surface area contributed by atoms with Crippen LogP contribution in [0.1, 0.15) is 50.8 Å². The molecule has 0 atom stereocenters. The third kappa shape index (κ3) is 7.29. The summed E-state index contributed by atoms with van der Waals surface area (Å²) in [7, 11) is 0. The highest BCUT2D eigenvalue weighted by molar-refractivity contribution is 5.68. The molecule has 0 bridgehead atoms. The second-order valence-corrected chi connectivity index (χ2v) is 9.55. The van der Waals surface area contributed by atoms with E-state index < -0.39 is 6.61 Å². The first-order chi connectivity index (χ1) is 18.6. The van der Waals surface area contributed by atoms with Crippen LogP contribution in [0.15, 0.2) is 84.9 Å². The Bertz CT molecular complexity index is 1240. The lowest BCUT2D eigenvalue weighted by molar-refractivity contribution is -0.0498. The number of benzene rings is 3. The Kier molecular flexibility index (Phi) is 10.0. The lowest BCUT2D eigenvalue weighted by Gasteiger charge is -2.24. The van der Waals surface area contributed by atoms with Crippen molar-refractivity contribution in [3.05, 3.63) is 96.2 Å². The molecule has 0 aliphatic carbocycles. The van der Waals surface area contributed by atoms with Gasteiger partial charge in [-0.1, -0.05) is 99.5 Å². The summed E-state index contributed by atoms with van der Waals surface area (Å²) in [5.74, 6) is 1.18. The maximum absolute atomic E-state index is 12.6. The van der Waals surface area contributed by atoms with Crippen molar-refractivity contribution in [2.75, 3.05) is 6.54 Å². The smallest absolute Gasteiger partial charge is 0.387 e. The lowest BCUT2D eigenvalue weighted by atomic mass is 10.1. The molecule has 1 heterocycles. The molecule has 4 rings (SSSR count). The van der Waals surface area contributed by atoms with Gasteiger partial charge in [0.25, 0.3) is 0 Å². The standard InChI is InChI=1S/C32H37F2N3O/c1-3-5-21-36(23-25-17-19-28(20-18-25)38-32(33)34)24-29-30(26-13-9-7-10-14-26)35-31(37(29)22-6-4-2)27-15-11-8-12-16-27/h7-20,32H,3-6,21-24H2,1-2H3. The van der Waals surface area contributed by atoms with E-state index in [1.54, 1.807) is 12.1 Å². The summed E-state index contributed by atoms with van der Waals surface area (Å²) in [6.07, 6.45) is 4.33. The van der Waals surface area contributed by atoms with Crippen molar-refractivity contribution in [2.24, 2.45) is 0 Å². The van der Waals surface area contributed by atoms with Crippen LogP contribution in [0, 0.1) is 0 Å². The number of ether oxygens (including phenoxy) is 1. The number of rotatable bonds is 14. The molecule has 200 valence electrons. The molecule has 3 aromatic carbocycles. The number of imidazole rings is 1. The first-order valence-corrected chi connectivity index (χ1v) is 13.5. The number of unbranched alkanes of at least 4 members (excludes halogenated alkanes) is 2. The van der Waals surface area contributed by atoms with Crippen molar-refractivity contribution >= 4 is 0 Å². The molecule has 0 spiro atoms. The maximum Gasteiger partial charge on any atom is 0.387 e. The summed E-state index contributed by atoms with van der Waals surface area (Å²) in [5, 5.41) is 0. The number of hydrogen-bond donors (Lipinski definition) is 0. The molecule has 0 N–H and O–H groups in total. The molecule has 0 aliphatic rings. The Morgan fingerprint density at radius 2 is 1.42 bits per heavy atom. The number of hydrogen-bond acceptors (Lipinski definition) is 3. The normalized spacial score (nSPS) is 11.4. The minimum atomic E-state index is -2.82. The number of nitrogens with zero attached hydrogens (tertiary/aromatic N) is 3. The fraction of sp³-hybridized carbons (Fsp3) is 0.344. The van der Waals surface area contributed by atoms with E-state index in [9.17, 15) is 8.78 Å². The van der Waals surface area contributed by atoms with E-state index in [1.165, 1.54) is 5.69 Å². The zero-order valence-corrected chi connectivity index (χ0v) is 22.3. The molecule has 4 nitrogen and oxygen atoms in total. The van der Waals surface area contributed by atoms with E-state index >= 15 is 0 Å². The van der Waals surface area contributed by atoms with Gasteiger partial charge >= 0.3 is 6.61 Å². The molecule has 6 heteroatoms. The van der Waals surface area contributed by atoms with Gasteiger partial charge < -0.3 is 9.30 Å². The molecule has 0 fully saturated rings. The largest absolute Gasteiger partial charge is 0.435 e. The van der Waals surface area contributed by atoms with Crippen molar-refractivity contribution in [3.63, 3.8) is 0 Å². The third-order valence-electron chi connectivity index (χ3n) is 6.64. The molecular weight excluding hydrogens is 480 g/mol. The van der Waals surface area contributed by atoms with Crippen LogP contribution in [0.5, 0.6) is 5.75 Å². The predicted octanol–water partition coefficient (Wildman–Crippen LogP) is 8.42. The Morgan fingerprint density at radius 1 is 0.789 bits per heavy atom. The second kappa shape index (κ2) is 13.9. The molecule has 38 heavy (non-hydrogen) atoms. The summed E-state index contributed by atoms with van der Waals surface area (Å²) < 4.78 is 32.1. The van der Waals surface area contributed by atoms with Crippen LogP contribution < -0.4 is 4.74 Å². The average molecular weight is 518 g/mol. The van der Waals surface area contributed by atoms with Crippen LogP contribution in [0.4, 0.5) is 8.78 Å². The molecule has 0 unspecified atom stereocenters. The molecule has 1 aromatic heterocycles. The Morgan fingerprint density at radius 3 is 2.03 bits per heavy atom. The zero-order chi connectivity index (χ0) is 26.7. The minimum Gasteiger partial charge on any atom is -0.435 e. The van der Waals surface area contributed by atoms with Gasteiger partial charge in [-0.05, 0) is 37.1 Å². The SMILES string of the molecule is CCCCN(Cc1ccc(OC(F)F)cc1)Cc1c(-c2ccccc2)nc(-c2ccccc2)n1CCCC. The van der Waals surface area contributed by atoms with Crippen molar-refractivity contribution < 1.29 is 13.5 Å². The van der Waals surface area contributed by atoms with Crippen LogP contribution >= 0.6 is 0 Å². The van der Waals surface area contributed by atoms with E-state index in [2.05, 4.69) is 76.6 Å². The van der Waals surface area contributed by atoms with Crippen molar-refractivity contribution in [1.82, 2.24) is 14.5 Å². The Labute approximate surface area is 224 Å². The predicted molar refractivity (Wildman–Crippen MR) is 150 cm³/mol. The average Bonchev–Trinajstić information content (AvgIpc) is 3.30. The summed E-state index contributed by atoms with van der Waals surface area (Å²) >= 11 is 0. The van der Waals surface area contributed by atoms with Crippen LogP contribution in [0.3, 0.4) is 0 Å². The highest BCUT2D eigenvalue weighted by Gasteiger charge is 2.22. The molecule has 0 saturated carbocycles. The highest BCUT2D eigenvalue weighted by Crippen LogP contribution is 2.31. The van der Waals surface area contributed by atoms with Gasteiger partial charge in [-0.2, -0.15) is 8.78 Å². The first kappa shape index (κ1) is 27.5. The van der Waals surface area contributed by atoms with Crippen LogP contribution in [0.2, 0.25) is 0 Å². The fourth-order valence-corrected chi connectivity index (χ4v) is 4.68.